The van der Waals surface area contributed by atoms with Crippen molar-refractivity contribution in [1.29, 1.82) is 0 Å². The van der Waals surface area contributed by atoms with Crippen LogP contribution >= 0.6 is 0 Å². The van der Waals surface area contributed by atoms with Crippen LogP contribution < -0.4 is 26.2 Å². The van der Waals surface area contributed by atoms with E-state index < -0.39 is 0 Å². The van der Waals surface area contributed by atoms with Crippen LogP contribution in [0.4, 0.5) is 34.1 Å². The van der Waals surface area contributed by atoms with E-state index in [1.54, 1.807) is 0 Å². The van der Waals surface area contributed by atoms with Gasteiger partial charge in [0.15, 0.2) is 17.5 Å². The molecule has 0 radical (unpaired) electrons. The highest BCUT2D eigenvalue weighted by atomic mass is 15.2. The summed E-state index contributed by atoms with van der Waals surface area (Å²) in [6.07, 6.45) is 0. The molecule has 0 saturated carbocycles. The van der Waals surface area contributed by atoms with E-state index in [2.05, 4.69) is 463 Å². The van der Waals surface area contributed by atoms with Gasteiger partial charge in [0.1, 0.15) is 0 Å². The van der Waals surface area contributed by atoms with Crippen molar-refractivity contribution in [2.45, 2.75) is 183 Å². The third-order valence-corrected chi connectivity index (χ3v) is 25.5. The zero-order valence-electron chi connectivity index (χ0n) is 75.1. The summed E-state index contributed by atoms with van der Waals surface area (Å²) in [7, 11) is 0. The number of benzene rings is 14. The lowest BCUT2D eigenvalue weighted by atomic mass is 9.33. The maximum absolute atomic E-state index is 5.83. The third-order valence-electron chi connectivity index (χ3n) is 25.5. The second kappa shape index (κ2) is 29.7. The van der Waals surface area contributed by atoms with Gasteiger partial charge in [-0.25, -0.2) is 15.0 Å². The lowest BCUT2D eigenvalue weighted by Gasteiger charge is -2.46. The van der Waals surface area contributed by atoms with E-state index in [0.717, 1.165) is 112 Å². The van der Waals surface area contributed by atoms with Gasteiger partial charge in [0, 0.05) is 67.0 Å². The fourth-order valence-corrected chi connectivity index (χ4v) is 18.2. The monoisotopic (exact) mass is 1590 g/mol. The molecule has 14 aromatic carbocycles. The fourth-order valence-electron chi connectivity index (χ4n) is 18.2. The molecule has 0 bridgehead atoms. The van der Waals surface area contributed by atoms with Crippen LogP contribution in [-0.2, 0) is 37.9 Å². The number of aromatic nitrogens is 4. The summed E-state index contributed by atoms with van der Waals surface area (Å²) in [5, 5.41) is 2.49. The fraction of sp³-hybridized carbons (Fsp3) is 0.243. The Morgan fingerprint density at radius 3 is 1.03 bits per heavy atom. The summed E-state index contributed by atoms with van der Waals surface area (Å²) in [6, 6.07) is 116. The zero-order valence-corrected chi connectivity index (χ0v) is 75.1. The summed E-state index contributed by atoms with van der Waals surface area (Å²) < 4.78 is 2.56. The molecule has 0 saturated heterocycles. The van der Waals surface area contributed by atoms with Crippen LogP contribution in [-0.4, -0.2) is 26.2 Å². The van der Waals surface area contributed by atoms with Crippen molar-refractivity contribution < 1.29 is 0 Å². The lowest BCUT2D eigenvalue weighted by molar-refractivity contribution is 0.568. The molecule has 0 spiro atoms. The number of nitrogens with zero attached hydrogens (tertiary/aromatic N) is 6. The highest BCUT2D eigenvalue weighted by molar-refractivity contribution is 7.00. The maximum Gasteiger partial charge on any atom is 0.252 e. The average molecular weight is 1590 g/mol. The lowest BCUT2D eigenvalue weighted by Crippen LogP contribution is -2.61. The number of hydrogen-bond acceptors (Lipinski definition) is 5. The minimum absolute atomic E-state index is 0.0831. The van der Waals surface area contributed by atoms with Crippen molar-refractivity contribution in [3.63, 3.8) is 0 Å². The van der Waals surface area contributed by atoms with Crippen LogP contribution in [0.25, 0.3) is 117 Å². The van der Waals surface area contributed by atoms with Crippen molar-refractivity contribution >= 4 is 79.0 Å². The van der Waals surface area contributed by atoms with E-state index in [9.17, 15) is 0 Å². The normalized spacial score (nSPS) is 13.2. The van der Waals surface area contributed by atoms with E-state index in [4.69, 9.17) is 15.0 Å². The van der Waals surface area contributed by atoms with Gasteiger partial charge in [-0.15, -0.1) is 0 Å². The molecule has 0 N–H and O–H groups in total. The van der Waals surface area contributed by atoms with E-state index >= 15 is 0 Å². The van der Waals surface area contributed by atoms with Crippen LogP contribution in [0.2, 0.25) is 0 Å². The van der Waals surface area contributed by atoms with E-state index in [-0.39, 0.29) is 44.6 Å². The highest BCUT2D eigenvalue weighted by Crippen LogP contribution is 2.55. The Kier molecular flexibility index (Phi) is 19.6. The van der Waals surface area contributed by atoms with Gasteiger partial charge in [-0.2, -0.15) is 0 Å². The molecule has 0 aliphatic carbocycles. The summed E-state index contributed by atoms with van der Waals surface area (Å²) in [5.74, 6) is 1.76. The molecule has 2 aliphatic heterocycles. The van der Waals surface area contributed by atoms with Gasteiger partial charge in [-0.3, -0.25) is 0 Å². The molecular weight excluding hydrogens is 1480 g/mol. The number of hydrogen-bond donors (Lipinski definition) is 0. The van der Waals surface area contributed by atoms with Crippen LogP contribution in [0.15, 0.2) is 303 Å². The molecule has 122 heavy (non-hydrogen) atoms. The van der Waals surface area contributed by atoms with Crippen molar-refractivity contribution in [2.24, 2.45) is 0 Å². The van der Waals surface area contributed by atoms with Crippen molar-refractivity contribution in [3.8, 4) is 95.5 Å². The van der Waals surface area contributed by atoms with Crippen LogP contribution in [0, 0.1) is 0 Å². The first kappa shape index (κ1) is 80.6. The van der Waals surface area contributed by atoms with Gasteiger partial charge in [0.2, 0.25) is 0 Å². The number of anilines is 6. The van der Waals surface area contributed by atoms with Crippen LogP contribution in [0.5, 0.6) is 0 Å². The molecule has 0 fully saturated rings. The Morgan fingerprint density at radius 1 is 0.221 bits per heavy atom. The third kappa shape index (κ3) is 14.9. The van der Waals surface area contributed by atoms with E-state index in [1.807, 2.05) is 0 Å². The Labute approximate surface area is 724 Å². The molecular formula is C115H113BN6. The molecule has 2 aromatic heterocycles. The van der Waals surface area contributed by atoms with Gasteiger partial charge < -0.3 is 14.4 Å². The molecule has 606 valence electrons. The number of fused-ring (bicyclic) bond motifs is 7. The Bertz CT molecular complexity index is 6570. The molecule has 18 rings (SSSR count). The Balaban J connectivity index is 1.05. The van der Waals surface area contributed by atoms with Crippen molar-refractivity contribution in [1.82, 2.24) is 19.5 Å². The Hall–Kier alpha value is -12.4. The van der Waals surface area contributed by atoms with Crippen LogP contribution in [0.3, 0.4) is 0 Å². The summed E-state index contributed by atoms with van der Waals surface area (Å²) in [4.78, 5) is 22.5. The SMILES string of the molecule is CC(C)(C)c1cc(-c2ccc3c(c2)N(c2c(-c4ccccc4)cc(C(C)(C)C)cc2-c2nc(-c4ccccc4)nc(-c4ccccc4)n2)c2cc(-c4cc(C(C)(C)C)cc(C(C)(C)C)c4)cc4c2B3c2ccc(-n3c5ccc(C(C)(C)C)cc5c5cc(C(C)(C)C)ccc53)cc2N4c2ccc(-c3ccccc3)cc2-c2ccccc2)cc(C(C)(C)C)c1. The molecule has 0 unspecified atom stereocenters. The standard InChI is InChI=1S/C115H113BN6/c1-109(2,3)82-49-55-98-92(67-82)93-68-83(110(4,5)6)50-56-99(93)120(98)89-51-53-96-101(71-89)121(97-54-48-77(72-37-27-22-28-38-72)61-90(97)73-39-29-23-30-40-73)102-63-81(80-59-86(113(13,14)15)66-87(60-80)114(16,17)18)64-103-104(102)116(96)95-52-47-78(79-57-84(111(7,8)9)65-85(58-79)112(10,11)12)62-100(95)122(103)105-91(74-41-31-24-32-42-74)69-88(115(19,20)21)70-94(105)108-118-106(75-43-33-25-34-44-75)117-107(119-108)76-45-35-26-36-46-76/h22-71H,1-21H3. The van der Waals surface area contributed by atoms with Gasteiger partial charge >= 0.3 is 0 Å². The van der Waals surface area contributed by atoms with Crippen molar-refractivity contribution in [2.75, 3.05) is 9.80 Å². The van der Waals surface area contributed by atoms with Crippen LogP contribution in [0.1, 0.15) is 184 Å². The largest absolute Gasteiger partial charge is 0.311 e. The molecule has 0 amide bonds. The Morgan fingerprint density at radius 2 is 0.574 bits per heavy atom. The number of rotatable bonds is 11. The first-order valence-corrected chi connectivity index (χ1v) is 43.7. The predicted molar refractivity (Wildman–Crippen MR) is 523 cm³/mol. The predicted octanol–water partition coefficient (Wildman–Crippen LogP) is 29.5. The minimum atomic E-state index is -0.350. The first-order valence-electron chi connectivity index (χ1n) is 43.7. The van der Waals surface area contributed by atoms with E-state index in [0.29, 0.717) is 17.5 Å². The van der Waals surface area contributed by atoms with E-state index in [1.165, 1.54) is 77.1 Å². The highest BCUT2D eigenvalue weighted by Gasteiger charge is 2.46. The van der Waals surface area contributed by atoms with Gasteiger partial charge in [0.05, 0.1) is 22.4 Å². The summed E-state index contributed by atoms with van der Waals surface area (Å²) in [5.41, 5.74) is 34.8. The van der Waals surface area contributed by atoms with Gasteiger partial charge in [0.25, 0.3) is 6.71 Å². The smallest absolute Gasteiger partial charge is 0.252 e. The van der Waals surface area contributed by atoms with Gasteiger partial charge in [-0.05, 0) is 217 Å². The minimum Gasteiger partial charge on any atom is -0.311 e. The summed E-state index contributed by atoms with van der Waals surface area (Å²) >= 11 is 0. The molecule has 6 nitrogen and oxygen atoms in total. The second-order valence-corrected chi connectivity index (χ2v) is 41.5. The van der Waals surface area contributed by atoms with Gasteiger partial charge in [-0.1, -0.05) is 370 Å². The summed E-state index contributed by atoms with van der Waals surface area (Å²) in [6.45, 7) is 49.0. The maximum atomic E-state index is 5.83. The zero-order chi connectivity index (χ0) is 85.6. The molecule has 7 heteroatoms. The second-order valence-electron chi connectivity index (χ2n) is 41.5. The van der Waals surface area contributed by atoms with Crippen molar-refractivity contribution in [3.05, 3.63) is 342 Å². The quantitative estimate of drug-likeness (QED) is 0.121. The average Bonchev–Trinajstić information content (AvgIpc) is 0.760. The molecule has 16 aromatic rings. The topological polar surface area (TPSA) is 50.1 Å². The first-order chi connectivity index (χ1) is 57.9. The molecule has 0 atom stereocenters. The molecule has 2 aliphatic rings. The molecule has 4 heterocycles.